The van der Waals surface area contributed by atoms with Gasteiger partial charge in [0.25, 0.3) is 0 Å². The number of fused-ring (bicyclic) bond motifs is 1. The maximum Gasteiger partial charge on any atom is 0.329 e. The molecular formula is C33H34ClFN10O4. The molecule has 2 aromatic heterocycles. The molecule has 0 atom stereocenters. The standard InChI is InChI=1S/C33H34ClFN10O4/c1-2-30(46)39-27-17-23-26(36-20-37-32(23)38-21-4-6-25(35)24(34)16-21)18-28(27)49-15-3-9-43-11-13-44(14-12-43)19-22-5-7-29(42-41-22)45-10-8-31(47)40-33(45)48/h2,4-7,16-18,20H,1,3,8-15,19H2,(H,39,46)(H,36,37,38)(H,40,47,48). The summed E-state index contributed by atoms with van der Waals surface area (Å²) >= 11 is 5.95. The van der Waals surface area contributed by atoms with Crippen LogP contribution in [0.15, 0.2) is 61.4 Å². The van der Waals surface area contributed by atoms with Crippen LogP contribution in [0.5, 0.6) is 5.75 Å². The Hall–Kier alpha value is -5.25. The number of urea groups is 1. The summed E-state index contributed by atoms with van der Waals surface area (Å²) < 4.78 is 19.8. The lowest BCUT2D eigenvalue weighted by Crippen LogP contribution is -2.50. The van der Waals surface area contributed by atoms with Crippen LogP contribution in [0.2, 0.25) is 5.02 Å². The second-order valence-electron chi connectivity index (χ2n) is 11.5. The summed E-state index contributed by atoms with van der Waals surface area (Å²) in [5, 5.41) is 17.3. The second-order valence-corrected chi connectivity index (χ2v) is 11.9. The molecule has 0 spiro atoms. The van der Waals surface area contributed by atoms with Gasteiger partial charge in [-0.2, -0.15) is 5.10 Å². The number of hydrogen-bond donors (Lipinski definition) is 3. The van der Waals surface area contributed by atoms with Crippen molar-refractivity contribution in [1.29, 1.82) is 0 Å². The fourth-order valence-corrected chi connectivity index (χ4v) is 5.71. The molecule has 0 bridgehead atoms. The second kappa shape index (κ2) is 15.3. The number of imide groups is 1. The Morgan fingerprint density at radius 3 is 2.59 bits per heavy atom. The number of amides is 4. The fourth-order valence-electron chi connectivity index (χ4n) is 5.53. The van der Waals surface area contributed by atoms with Crippen LogP contribution in [0, 0.1) is 5.82 Å². The van der Waals surface area contributed by atoms with Crippen LogP contribution in [0.25, 0.3) is 10.9 Å². The number of piperazine rings is 1. The van der Waals surface area contributed by atoms with E-state index in [1.54, 1.807) is 24.3 Å². The van der Waals surface area contributed by atoms with Crippen LogP contribution in [-0.4, -0.2) is 93.7 Å². The van der Waals surface area contributed by atoms with Crippen molar-refractivity contribution >= 4 is 63.4 Å². The predicted molar refractivity (Wildman–Crippen MR) is 182 cm³/mol. The number of nitrogens with zero attached hydrogens (tertiary/aromatic N) is 7. The average Bonchev–Trinajstić information content (AvgIpc) is 3.10. The van der Waals surface area contributed by atoms with E-state index in [1.807, 2.05) is 6.07 Å². The third kappa shape index (κ3) is 8.43. The summed E-state index contributed by atoms with van der Waals surface area (Å²) in [4.78, 5) is 50.5. The molecule has 254 valence electrons. The van der Waals surface area contributed by atoms with Crippen LogP contribution in [0.1, 0.15) is 18.5 Å². The highest BCUT2D eigenvalue weighted by atomic mass is 35.5. The van der Waals surface area contributed by atoms with E-state index in [-0.39, 0.29) is 23.9 Å². The van der Waals surface area contributed by atoms with Crippen molar-refractivity contribution in [2.24, 2.45) is 0 Å². The van der Waals surface area contributed by atoms with Gasteiger partial charge in [0, 0.05) is 69.4 Å². The van der Waals surface area contributed by atoms with Crippen molar-refractivity contribution in [2.45, 2.75) is 19.4 Å². The number of hydrogen-bond acceptors (Lipinski definition) is 11. The predicted octanol–water partition coefficient (Wildman–Crippen LogP) is 4.11. The smallest absolute Gasteiger partial charge is 0.329 e. The van der Waals surface area contributed by atoms with E-state index in [9.17, 15) is 18.8 Å². The van der Waals surface area contributed by atoms with Crippen molar-refractivity contribution < 1.29 is 23.5 Å². The Bertz CT molecular complexity index is 1870. The van der Waals surface area contributed by atoms with E-state index >= 15 is 0 Å². The molecule has 2 saturated heterocycles. The summed E-state index contributed by atoms with van der Waals surface area (Å²) in [6.45, 7) is 9.22. The monoisotopic (exact) mass is 688 g/mol. The summed E-state index contributed by atoms with van der Waals surface area (Å²) in [6, 6.07) is 10.9. The molecule has 4 aromatic rings. The molecule has 0 unspecified atom stereocenters. The molecule has 2 fully saturated rings. The highest BCUT2D eigenvalue weighted by Gasteiger charge is 2.25. The number of carbonyl (C=O) groups is 3. The van der Waals surface area contributed by atoms with Gasteiger partial charge in [-0.3, -0.25) is 24.7 Å². The zero-order valence-corrected chi connectivity index (χ0v) is 27.2. The molecular weight excluding hydrogens is 655 g/mol. The first kappa shape index (κ1) is 33.6. The third-order valence-electron chi connectivity index (χ3n) is 8.13. The van der Waals surface area contributed by atoms with E-state index < -0.39 is 17.8 Å². The third-order valence-corrected chi connectivity index (χ3v) is 8.41. The molecule has 49 heavy (non-hydrogen) atoms. The molecule has 2 aromatic carbocycles. The minimum Gasteiger partial charge on any atom is -0.491 e. The zero-order valence-electron chi connectivity index (χ0n) is 26.5. The number of rotatable bonds is 12. The largest absolute Gasteiger partial charge is 0.491 e. The van der Waals surface area contributed by atoms with Gasteiger partial charge >= 0.3 is 6.03 Å². The van der Waals surface area contributed by atoms with Gasteiger partial charge in [0.1, 0.15) is 23.7 Å². The van der Waals surface area contributed by atoms with E-state index in [2.05, 4.69) is 52.5 Å². The lowest BCUT2D eigenvalue weighted by molar-refractivity contribution is -0.120. The highest BCUT2D eigenvalue weighted by molar-refractivity contribution is 6.31. The van der Waals surface area contributed by atoms with Gasteiger partial charge < -0.3 is 20.3 Å². The minimum atomic E-state index is -0.528. The molecule has 4 amide bonds. The van der Waals surface area contributed by atoms with Gasteiger partial charge in [-0.05, 0) is 48.9 Å². The first-order chi connectivity index (χ1) is 23.7. The summed E-state index contributed by atoms with van der Waals surface area (Å²) in [5.41, 5.74) is 2.37. The minimum absolute atomic E-state index is 0.0241. The van der Waals surface area contributed by atoms with Crippen molar-refractivity contribution in [3.8, 4) is 5.75 Å². The number of carbonyl (C=O) groups excluding carboxylic acids is 3. The van der Waals surface area contributed by atoms with Crippen LogP contribution >= 0.6 is 11.6 Å². The van der Waals surface area contributed by atoms with Crippen LogP contribution in [0.3, 0.4) is 0 Å². The Kier molecular flexibility index (Phi) is 10.5. The molecule has 0 aliphatic carbocycles. The average molecular weight is 689 g/mol. The molecule has 14 nitrogen and oxygen atoms in total. The first-order valence-corrected chi connectivity index (χ1v) is 16.1. The number of nitrogens with one attached hydrogen (secondary N) is 3. The molecule has 0 radical (unpaired) electrons. The fraction of sp³-hybridized carbons (Fsp3) is 0.303. The maximum absolute atomic E-state index is 13.7. The van der Waals surface area contributed by atoms with Crippen molar-refractivity contribution in [3.63, 3.8) is 0 Å². The van der Waals surface area contributed by atoms with E-state index in [0.29, 0.717) is 52.8 Å². The Balaban J connectivity index is 1.01. The summed E-state index contributed by atoms with van der Waals surface area (Å²) in [5.74, 6) is 0.113. The Morgan fingerprint density at radius 2 is 1.86 bits per heavy atom. The van der Waals surface area contributed by atoms with E-state index in [4.69, 9.17) is 16.3 Å². The molecule has 3 N–H and O–H groups in total. The van der Waals surface area contributed by atoms with Crippen molar-refractivity contribution in [1.82, 2.24) is 35.3 Å². The molecule has 2 aliphatic heterocycles. The number of benzene rings is 2. The SMILES string of the molecule is C=CC(=O)Nc1cc2c(Nc3ccc(F)c(Cl)c3)ncnc2cc1OCCCN1CCN(Cc2ccc(N3CCC(=O)NC3=O)nn2)CC1. The Labute approximate surface area is 286 Å². The lowest BCUT2D eigenvalue weighted by atomic mass is 10.1. The lowest BCUT2D eigenvalue weighted by Gasteiger charge is -2.34. The number of halogens is 2. The van der Waals surface area contributed by atoms with E-state index in [0.717, 1.165) is 44.8 Å². The molecule has 16 heteroatoms. The molecule has 2 aliphatic rings. The van der Waals surface area contributed by atoms with Crippen LogP contribution in [0.4, 0.5) is 32.2 Å². The van der Waals surface area contributed by atoms with Gasteiger partial charge in [0.05, 0.1) is 28.5 Å². The van der Waals surface area contributed by atoms with Crippen molar-refractivity contribution in [3.05, 3.63) is 78.0 Å². The van der Waals surface area contributed by atoms with E-state index in [1.165, 1.54) is 29.4 Å². The molecule has 0 saturated carbocycles. The van der Waals surface area contributed by atoms with Crippen molar-refractivity contribution in [2.75, 3.05) is 61.4 Å². The maximum atomic E-state index is 13.7. The zero-order chi connectivity index (χ0) is 34.3. The van der Waals surface area contributed by atoms with Crippen LogP contribution < -0.4 is 25.6 Å². The van der Waals surface area contributed by atoms with Gasteiger partial charge in [-0.25, -0.2) is 19.2 Å². The number of ether oxygens (including phenoxy) is 1. The summed E-state index contributed by atoms with van der Waals surface area (Å²) in [7, 11) is 0. The van der Waals surface area contributed by atoms with Crippen LogP contribution in [-0.2, 0) is 16.1 Å². The van der Waals surface area contributed by atoms with Gasteiger partial charge in [-0.1, -0.05) is 18.2 Å². The molecule has 6 rings (SSSR count). The van der Waals surface area contributed by atoms with Gasteiger partial charge in [-0.15, -0.1) is 5.10 Å². The quantitative estimate of drug-likeness (QED) is 0.145. The first-order valence-electron chi connectivity index (χ1n) is 15.7. The molecule has 4 heterocycles. The topological polar surface area (TPSA) is 158 Å². The van der Waals surface area contributed by atoms with Gasteiger partial charge in [0.2, 0.25) is 11.8 Å². The van der Waals surface area contributed by atoms with Gasteiger partial charge in [0.15, 0.2) is 5.82 Å². The Morgan fingerprint density at radius 1 is 1.04 bits per heavy atom. The number of anilines is 4. The normalized spacial score (nSPS) is 15.6. The number of aromatic nitrogens is 4. The summed E-state index contributed by atoms with van der Waals surface area (Å²) in [6.07, 6.45) is 3.58. The highest BCUT2D eigenvalue weighted by Crippen LogP contribution is 2.34.